The highest BCUT2D eigenvalue weighted by atomic mass is 16.1. The van der Waals surface area contributed by atoms with Gasteiger partial charge in [-0.25, -0.2) is 0 Å². The molecule has 1 atom stereocenters. The zero-order valence-electron chi connectivity index (χ0n) is 9.53. The molecular weight excluding hydrogens is 202 g/mol. The Morgan fingerprint density at radius 3 is 3.06 bits per heavy atom. The van der Waals surface area contributed by atoms with Gasteiger partial charge in [-0.1, -0.05) is 13.0 Å². The molecule has 0 saturated heterocycles. The Kier molecular flexibility index (Phi) is 4.46. The fraction of sp³-hybridized carbons (Fsp3) is 0.417. The van der Waals surface area contributed by atoms with Crippen LogP contribution in [0, 0.1) is 17.2 Å². The predicted octanol–water partition coefficient (Wildman–Crippen LogP) is 1.42. The number of aromatic nitrogens is 1. The van der Waals surface area contributed by atoms with Crippen molar-refractivity contribution < 1.29 is 4.79 Å². The molecule has 0 saturated carbocycles. The van der Waals surface area contributed by atoms with Gasteiger partial charge in [0.1, 0.15) is 5.92 Å². The zero-order chi connectivity index (χ0) is 12.0. The monoisotopic (exact) mass is 217 g/mol. The van der Waals surface area contributed by atoms with Crippen molar-refractivity contribution in [3.05, 3.63) is 29.6 Å². The van der Waals surface area contributed by atoms with Crippen LogP contribution in [0.15, 0.2) is 18.3 Å². The van der Waals surface area contributed by atoms with E-state index in [0.29, 0.717) is 6.54 Å². The lowest BCUT2D eigenvalue weighted by Gasteiger charge is -2.08. The molecule has 1 aromatic rings. The molecule has 4 heteroatoms. The lowest BCUT2D eigenvalue weighted by molar-refractivity contribution is -0.123. The molecular formula is C12H15N3O. The molecule has 1 rings (SSSR count). The highest BCUT2D eigenvalue weighted by molar-refractivity contribution is 5.80. The Bertz CT molecular complexity index is 409. The van der Waals surface area contributed by atoms with Gasteiger partial charge in [-0.2, -0.15) is 5.26 Å². The summed E-state index contributed by atoms with van der Waals surface area (Å²) in [6, 6.07) is 5.76. The van der Waals surface area contributed by atoms with E-state index in [1.807, 2.05) is 25.1 Å². The smallest absolute Gasteiger partial charge is 0.237 e. The highest BCUT2D eigenvalue weighted by Gasteiger charge is 2.11. The number of carbonyl (C=O) groups is 1. The molecule has 0 radical (unpaired) electrons. The molecule has 1 unspecified atom stereocenters. The summed E-state index contributed by atoms with van der Waals surface area (Å²) in [6.45, 7) is 4.00. The number of hydrogen-bond acceptors (Lipinski definition) is 3. The summed E-state index contributed by atoms with van der Waals surface area (Å²) in [5, 5.41) is 11.3. The minimum atomic E-state index is -0.617. The molecule has 0 aliphatic rings. The maximum absolute atomic E-state index is 11.4. The maximum atomic E-state index is 11.4. The van der Waals surface area contributed by atoms with Crippen LogP contribution < -0.4 is 5.32 Å². The Morgan fingerprint density at radius 2 is 2.44 bits per heavy atom. The van der Waals surface area contributed by atoms with E-state index in [9.17, 15) is 4.79 Å². The molecule has 0 fully saturated rings. The fourth-order valence-corrected chi connectivity index (χ4v) is 1.33. The van der Waals surface area contributed by atoms with Crippen LogP contribution >= 0.6 is 0 Å². The quantitative estimate of drug-likeness (QED) is 0.829. The standard InChI is InChI=1S/C12H15N3O/c1-3-10-5-4-6-14-11(10)8-15-12(16)9(2)7-13/h4-6,9H,3,8H2,1-2H3,(H,15,16). The van der Waals surface area contributed by atoms with E-state index in [-0.39, 0.29) is 5.91 Å². The maximum Gasteiger partial charge on any atom is 0.237 e. The second-order valence-electron chi connectivity index (χ2n) is 3.53. The average molecular weight is 217 g/mol. The van der Waals surface area contributed by atoms with Crippen molar-refractivity contribution in [2.45, 2.75) is 26.8 Å². The van der Waals surface area contributed by atoms with E-state index >= 15 is 0 Å². The molecule has 16 heavy (non-hydrogen) atoms. The van der Waals surface area contributed by atoms with Crippen molar-refractivity contribution in [2.24, 2.45) is 5.92 Å². The van der Waals surface area contributed by atoms with Crippen LogP contribution in [0.3, 0.4) is 0 Å². The van der Waals surface area contributed by atoms with Crippen LogP contribution in [-0.2, 0) is 17.8 Å². The molecule has 0 aliphatic carbocycles. The largest absolute Gasteiger partial charge is 0.349 e. The Balaban J connectivity index is 2.62. The molecule has 0 aromatic carbocycles. The normalized spacial score (nSPS) is 11.6. The summed E-state index contributed by atoms with van der Waals surface area (Å²) in [5.41, 5.74) is 1.98. The van der Waals surface area contributed by atoms with Gasteiger partial charge in [-0.3, -0.25) is 9.78 Å². The van der Waals surface area contributed by atoms with Gasteiger partial charge in [0.25, 0.3) is 0 Å². The predicted molar refractivity (Wildman–Crippen MR) is 60.2 cm³/mol. The number of nitrogens with one attached hydrogen (secondary N) is 1. The van der Waals surface area contributed by atoms with Crippen LogP contribution in [0.5, 0.6) is 0 Å². The number of pyridine rings is 1. The number of carbonyl (C=O) groups excluding carboxylic acids is 1. The van der Waals surface area contributed by atoms with Crippen molar-refractivity contribution in [3.63, 3.8) is 0 Å². The summed E-state index contributed by atoms with van der Waals surface area (Å²) in [6.07, 6.45) is 2.58. The second kappa shape index (κ2) is 5.86. The summed E-state index contributed by atoms with van der Waals surface area (Å²) in [4.78, 5) is 15.6. The Labute approximate surface area is 95.3 Å². The molecule has 0 bridgehead atoms. The van der Waals surface area contributed by atoms with Gasteiger partial charge in [0, 0.05) is 6.20 Å². The van der Waals surface area contributed by atoms with E-state index in [2.05, 4.69) is 10.3 Å². The highest BCUT2D eigenvalue weighted by Crippen LogP contribution is 2.05. The Hall–Kier alpha value is -1.89. The molecule has 84 valence electrons. The average Bonchev–Trinajstić information content (AvgIpc) is 2.35. The van der Waals surface area contributed by atoms with Crippen molar-refractivity contribution in [3.8, 4) is 6.07 Å². The van der Waals surface area contributed by atoms with Gasteiger partial charge in [-0.15, -0.1) is 0 Å². The van der Waals surface area contributed by atoms with Crippen LogP contribution in [0.25, 0.3) is 0 Å². The van der Waals surface area contributed by atoms with Crippen molar-refractivity contribution in [1.29, 1.82) is 5.26 Å². The molecule has 4 nitrogen and oxygen atoms in total. The number of rotatable bonds is 4. The first-order valence-corrected chi connectivity index (χ1v) is 5.29. The van der Waals surface area contributed by atoms with Crippen LogP contribution in [-0.4, -0.2) is 10.9 Å². The van der Waals surface area contributed by atoms with Gasteiger partial charge in [0.15, 0.2) is 0 Å². The topological polar surface area (TPSA) is 65.8 Å². The van der Waals surface area contributed by atoms with Gasteiger partial charge in [0.05, 0.1) is 18.3 Å². The third-order valence-electron chi connectivity index (χ3n) is 2.38. The van der Waals surface area contributed by atoms with E-state index in [1.165, 1.54) is 0 Å². The first-order chi connectivity index (χ1) is 7.69. The lowest BCUT2D eigenvalue weighted by Crippen LogP contribution is -2.28. The summed E-state index contributed by atoms with van der Waals surface area (Å²) >= 11 is 0. The number of amides is 1. The van der Waals surface area contributed by atoms with Gasteiger partial charge < -0.3 is 5.32 Å². The summed E-state index contributed by atoms with van der Waals surface area (Å²) in [5.74, 6) is -0.871. The molecule has 0 aliphatic heterocycles. The molecule has 0 spiro atoms. The van der Waals surface area contributed by atoms with Crippen molar-refractivity contribution in [1.82, 2.24) is 10.3 Å². The van der Waals surface area contributed by atoms with Crippen LogP contribution in [0.4, 0.5) is 0 Å². The Morgan fingerprint density at radius 1 is 1.69 bits per heavy atom. The van der Waals surface area contributed by atoms with E-state index in [0.717, 1.165) is 17.7 Å². The van der Waals surface area contributed by atoms with E-state index in [1.54, 1.807) is 13.1 Å². The minimum absolute atomic E-state index is 0.254. The van der Waals surface area contributed by atoms with Crippen molar-refractivity contribution in [2.75, 3.05) is 0 Å². The SMILES string of the molecule is CCc1cccnc1CNC(=O)C(C)C#N. The number of nitrogens with zero attached hydrogens (tertiary/aromatic N) is 2. The third-order valence-corrected chi connectivity index (χ3v) is 2.38. The van der Waals surface area contributed by atoms with Gasteiger partial charge >= 0.3 is 0 Å². The number of nitriles is 1. The van der Waals surface area contributed by atoms with E-state index in [4.69, 9.17) is 5.26 Å². The zero-order valence-corrected chi connectivity index (χ0v) is 9.53. The van der Waals surface area contributed by atoms with Crippen molar-refractivity contribution >= 4 is 5.91 Å². The number of aryl methyl sites for hydroxylation is 1. The summed E-state index contributed by atoms with van der Waals surface area (Å²) < 4.78 is 0. The van der Waals surface area contributed by atoms with Gasteiger partial charge in [0.2, 0.25) is 5.91 Å². The van der Waals surface area contributed by atoms with Crippen LogP contribution in [0.1, 0.15) is 25.1 Å². The first-order valence-electron chi connectivity index (χ1n) is 5.29. The minimum Gasteiger partial charge on any atom is -0.349 e. The van der Waals surface area contributed by atoms with Gasteiger partial charge in [-0.05, 0) is 25.0 Å². The number of hydrogen-bond donors (Lipinski definition) is 1. The molecule has 1 aromatic heterocycles. The molecule has 1 heterocycles. The van der Waals surface area contributed by atoms with Crippen LogP contribution in [0.2, 0.25) is 0 Å². The van der Waals surface area contributed by atoms with E-state index < -0.39 is 5.92 Å². The summed E-state index contributed by atoms with van der Waals surface area (Å²) in [7, 11) is 0. The second-order valence-corrected chi connectivity index (χ2v) is 3.53. The molecule has 1 N–H and O–H groups in total. The lowest BCUT2D eigenvalue weighted by atomic mass is 10.1. The fourth-order valence-electron chi connectivity index (χ4n) is 1.33. The molecule has 1 amide bonds. The first kappa shape index (κ1) is 12.2. The third kappa shape index (κ3) is 3.06.